The number of rotatable bonds is 4. The van der Waals surface area contributed by atoms with E-state index < -0.39 is 21.9 Å². The number of hydrogen-bond acceptors (Lipinski definition) is 5. The minimum Gasteiger partial charge on any atom is -0.298 e. The number of amides is 1. The molecule has 0 aromatic carbocycles. The summed E-state index contributed by atoms with van der Waals surface area (Å²) >= 11 is 3.16. The molecule has 2 heterocycles. The summed E-state index contributed by atoms with van der Waals surface area (Å²) in [7, 11) is -4.64. The average Bonchev–Trinajstić information content (AvgIpc) is 2.67. The molecule has 1 atom stereocenters. The Bertz CT molecular complexity index is 664. The van der Waals surface area contributed by atoms with Crippen LogP contribution in [0.2, 0.25) is 0 Å². The van der Waals surface area contributed by atoms with Crippen LogP contribution in [0, 0.1) is 5.92 Å². The maximum atomic E-state index is 12.7. The van der Waals surface area contributed by atoms with Crippen molar-refractivity contribution in [3.63, 3.8) is 0 Å². The summed E-state index contributed by atoms with van der Waals surface area (Å²) in [6.45, 7) is 0.0253. The van der Waals surface area contributed by atoms with Gasteiger partial charge in [-0.25, -0.2) is 4.98 Å². The highest BCUT2D eigenvalue weighted by atomic mass is 79.9. The van der Waals surface area contributed by atoms with Crippen molar-refractivity contribution in [2.75, 3.05) is 17.2 Å². The molecule has 108 valence electrons. The Kier molecular flexibility index (Phi) is 4.19. The predicted octanol–water partition coefficient (Wildman–Crippen LogP) is 1.31. The molecule has 0 N–H and O–H groups in total. The summed E-state index contributed by atoms with van der Waals surface area (Å²) in [5.74, 6) is -1.56. The van der Waals surface area contributed by atoms with Crippen LogP contribution in [0.1, 0.15) is 16.8 Å². The molecule has 0 bridgehead atoms. The lowest BCUT2D eigenvalue weighted by molar-refractivity contribution is -0.117. The zero-order valence-electron chi connectivity index (χ0n) is 10.1. The molecule has 0 saturated carbocycles. The molecule has 1 unspecified atom stereocenters. The SMILES string of the molecule is O=Cc1cc(Br)cnc1N1CC(CS(=O)(=O)F)CC1=O. The van der Waals surface area contributed by atoms with Crippen molar-refractivity contribution < 1.29 is 21.9 Å². The molecule has 1 amide bonds. The second-order valence-corrected chi connectivity index (χ2v) is 6.79. The van der Waals surface area contributed by atoms with E-state index in [0.29, 0.717) is 10.8 Å². The lowest BCUT2D eigenvalue weighted by Gasteiger charge is -2.17. The normalized spacial score (nSPS) is 19.4. The van der Waals surface area contributed by atoms with Gasteiger partial charge >= 0.3 is 10.2 Å². The molecule has 9 heteroatoms. The van der Waals surface area contributed by atoms with Gasteiger partial charge in [0.2, 0.25) is 5.91 Å². The van der Waals surface area contributed by atoms with E-state index in [4.69, 9.17) is 0 Å². The van der Waals surface area contributed by atoms with Gasteiger partial charge in [-0.05, 0) is 22.0 Å². The average molecular weight is 365 g/mol. The van der Waals surface area contributed by atoms with Gasteiger partial charge in [0, 0.05) is 29.6 Å². The van der Waals surface area contributed by atoms with Crippen molar-refractivity contribution in [3.8, 4) is 0 Å². The van der Waals surface area contributed by atoms with Crippen LogP contribution in [-0.4, -0.2) is 37.9 Å². The zero-order chi connectivity index (χ0) is 14.9. The van der Waals surface area contributed by atoms with E-state index in [1.807, 2.05) is 0 Å². The van der Waals surface area contributed by atoms with Crippen molar-refractivity contribution in [1.29, 1.82) is 0 Å². The number of nitrogens with zero attached hydrogens (tertiary/aromatic N) is 2. The molecule has 2 rings (SSSR count). The Labute approximate surface area is 123 Å². The first kappa shape index (κ1) is 15.0. The van der Waals surface area contributed by atoms with Crippen LogP contribution in [0.15, 0.2) is 16.7 Å². The largest absolute Gasteiger partial charge is 0.302 e. The van der Waals surface area contributed by atoms with Gasteiger partial charge < -0.3 is 0 Å². The Balaban J connectivity index is 2.26. The zero-order valence-corrected chi connectivity index (χ0v) is 12.5. The van der Waals surface area contributed by atoms with Gasteiger partial charge in [-0.2, -0.15) is 8.42 Å². The van der Waals surface area contributed by atoms with E-state index in [1.54, 1.807) is 0 Å². The first-order valence-electron chi connectivity index (χ1n) is 5.63. The third-order valence-electron chi connectivity index (χ3n) is 2.88. The van der Waals surface area contributed by atoms with Crippen molar-refractivity contribution >= 4 is 44.2 Å². The molecule has 0 spiro atoms. The van der Waals surface area contributed by atoms with E-state index in [1.165, 1.54) is 17.2 Å². The number of hydrogen-bond donors (Lipinski definition) is 0. The van der Waals surface area contributed by atoms with Crippen LogP contribution in [-0.2, 0) is 15.0 Å². The van der Waals surface area contributed by atoms with E-state index in [0.717, 1.165) is 0 Å². The molecule has 0 radical (unpaired) electrons. The van der Waals surface area contributed by atoms with Gasteiger partial charge in [-0.3, -0.25) is 14.5 Å². The van der Waals surface area contributed by atoms with Crippen LogP contribution >= 0.6 is 15.9 Å². The van der Waals surface area contributed by atoms with E-state index in [9.17, 15) is 21.9 Å². The Hall–Kier alpha value is -1.35. The lowest BCUT2D eigenvalue weighted by atomic mass is 10.1. The molecule has 1 aliphatic heterocycles. The Morgan fingerprint density at radius 2 is 2.25 bits per heavy atom. The van der Waals surface area contributed by atoms with E-state index in [2.05, 4.69) is 20.9 Å². The van der Waals surface area contributed by atoms with Gasteiger partial charge in [-0.15, -0.1) is 3.89 Å². The fourth-order valence-electron chi connectivity index (χ4n) is 2.14. The molecule has 1 aromatic heterocycles. The molecule has 1 aliphatic rings. The highest BCUT2D eigenvalue weighted by molar-refractivity contribution is 9.10. The summed E-state index contributed by atoms with van der Waals surface area (Å²) in [6, 6.07) is 1.50. The second-order valence-electron chi connectivity index (χ2n) is 4.46. The summed E-state index contributed by atoms with van der Waals surface area (Å²) in [6.07, 6.45) is 1.90. The van der Waals surface area contributed by atoms with Crippen molar-refractivity contribution in [3.05, 3.63) is 22.3 Å². The van der Waals surface area contributed by atoms with E-state index in [-0.39, 0.29) is 30.3 Å². The highest BCUT2D eigenvalue weighted by Gasteiger charge is 2.35. The Morgan fingerprint density at radius 3 is 2.85 bits per heavy atom. The first-order chi connectivity index (χ1) is 9.30. The third kappa shape index (κ3) is 3.40. The molecule has 1 fully saturated rings. The maximum absolute atomic E-state index is 12.7. The van der Waals surface area contributed by atoms with Crippen molar-refractivity contribution in [1.82, 2.24) is 4.98 Å². The summed E-state index contributed by atoms with van der Waals surface area (Å²) in [5, 5.41) is 0. The van der Waals surface area contributed by atoms with Crippen molar-refractivity contribution in [2.45, 2.75) is 6.42 Å². The van der Waals surface area contributed by atoms with Crippen LogP contribution in [0.25, 0.3) is 0 Å². The summed E-state index contributed by atoms with van der Waals surface area (Å²) in [4.78, 5) is 28.1. The summed E-state index contributed by atoms with van der Waals surface area (Å²) < 4.78 is 34.5. The topological polar surface area (TPSA) is 84.4 Å². The molecule has 0 aliphatic carbocycles. The number of aromatic nitrogens is 1. The van der Waals surface area contributed by atoms with E-state index >= 15 is 0 Å². The molecular weight excluding hydrogens is 355 g/mol. The maximum Gasteiger partial charge on any atom is 0.302 e. The van der Waals surface area contributed by atoms with Gasteiger partial charge in [0.05, 0.1) is 11.3 Å². The molecular formula is C11H10BrFN2O4S. The minimum atomic E-state index is -4.64. The van der Waals surface area contributed by atoms with Crippen LogP contribution in [0.4, 0.5) is 9.70 Å². The van der Waals surface area contributed by atoms with Gasteiger partial charge in [0.25, 0.3) is 0 Å². The smallest absolute Gasteiger partial charge is 0.298 e. The van der Waals surface area contributed by atoms with Crippen LogP contribution in [0.5, 0.6) is 0 Å². The van der Waals surface area contributed by atoms with Crippen LogP contribution in [0.3, 0.4) is 0 Å². The quantitative estimate of drug-likeness (QED) is 0.593. The first-order valence-corrected chi connectivity index (χ1v) is 7.98. The molecule has 6 nitrogen and oxygen atoms in total. The number of halogens is 2. The Morgan fingerprint density at radius 1 is 1.55 bits per heavy atom. The minimum absolute atomic E-state index is 0.0253. The number of anilines is 1. The predicted molar refractivity (Wildman–Crippen MR) is 72.7 cm³/mol. The molecule has 1 aromatic rings. The van der Waals surface area contributed by atoms with Gasteiger partial charge in [0.1, 0.15) is 5.82 Å². The monoisotopic (exact) mass is 364 g/mol. The number of carbonyl (C=O) groups excluding carboxylic acids is 2. The third-order valence-corrected chi connectivity index (χ3v) is 4.19. The standard InChI is InChI=1S/C11H10BrFN2O4S/c12-9-2-8(5-16)11(14-3-9)15-4-7(1-10(15)17)6-20(13,18)19/h2-3,5,7H,1,4,6H2. The van der Waals surface area contributed by atoms with Gasteiger partial charge in [0.15, 0.2) is 6.29 Å². The fourth-order valence-corrected chi connectivity index (χ4v) is 3.27. The lowest BCUT2D eigenvalue weighted by Crippen LogP contribution is -2.27. The highest BCUT2D eigenvalue weighted by Crippen LogP contribution is 2.28. The number of aldehydes is 1. The number of pyridine rings is 1. The molecule has 20 heavy (non-hydrogen) atoms. The van der Waals surface area contributed by atoms with Gasteiger partial charge in [-0.1, -0.05) is 0 Å². The van der Waals surface area contributed by atoms with Crippen LogP contribution < -0.4 is 4.90 Å². The fraction of sp³-hybridized carbons (Fsp3) is 0.364. The number of carbonyl (C=O) groups is 2. The van der Waals surface area contributed by atoms with Crippen molar-refractivity contribution in [2.24, 2.45) is 5.92 Å². The summed E-state index contributed by atoms with van der Waals surface area (Å²) in [5.41, 5.74) is 0.205. The molecule has 1 saturated heterocycles. The second kappa shape index (κ2) is 5.57.